The summed E-state index contributed by atoms with van der Waals surface area (Å²) in [6.45, 7) is 2.10. The Hall–Kier alpha value is -1.97. The molecule has 1 aliphatic rings. The third-order valence-electron chi connectivity index (χ3n) is 5.76. The third kappa shape index (κ3) is 5.98. The Morgan fingerprint density at radius 1 is 1.24 bits per heavy atom. The zero-order chi connectivity index (χ0) is 24.2. The molecule has 2 atom stereocenters. The van der Waals surface area contributed by atoms with E-state index in [1.54, 1.807) is 23.6 Å². The summed E-state index contributed by atoms with van der Waals surface area (Å²) in [6.07, 6.45) is 4.48. The molecule has 1 aliphatic carbocycles. The van der Waals surface area contributed by atoms with Gasteiger partial charge in [0.15, 0.2) is 0 Å². The van der Waals surface area contributed by atoms with Crippen LogP contribution >= 0.6 is 27.3 Å². The third-order valence-corrected chi connectivity index (χ3v) is 8.82. The maximum absolute atomic E-state index is 14.2. The van der Waals surface area contributed by atoms with Crippen molar-refractivity contribution in [3.8, 4) is 11.3 Å². The monoisotopic (exact) mass is 560 g/mol. The van der Waals surface area contributed by atoms with Crippen LogP contribution in [0.1, 0.15) is 41.7 Å². The quantitative estimate of drug-likeness (QED) is 0.289. The lowest BCUT2D eigenvalue weighted by atomic mass is 10.0. The topological polar surface area (TPSA) is 76.2 Å². The van der Waals surface area contributed by atoms with E-state index in [4.69, 9.17) is 5.14 Å². The minimum Gasteiger partial charge on any atom is -0.396 e. The van der Waals surface area contributed by atoms with Crippen LogP contribution in [-0.4, -0.2) is 26.2 Å². The highest BCUT2D eigenvalue weighted by Crippen LogP contribution is 2.36. The molecule has 4 nitrogen and oxygen atoms in total. The van der Waals surface area contributed by atoms with E-state index in [-0.39, 0.29) is 18.3 Å². The first-order valence-electron chi connectivity index (χ1n) is 11.0. The molecule has 178 valence electrons. The highest BCUT2D eigenvalue weighted by Gasteiger charge is 2.25. The number of aliphatic hydroxyl groups is 1. The van der Waals surface area contributed by atoms with Gasteiger partial charge in [-0.2, -0.15) is 0 Å². The fourth-order valence-electron chi connectivity index (χ4n) is 3.59. The molecular formula is C26H26BrFN2O2S2. The lowest BCUT2D eigenvalue weighted by Crippen LogP contribution is -2.06. The van der Waals surface area contributed by atoms with E-state index in [2.05, 4.69) is 39.1 Å². The van der Waals surface area contributed by atoms with E-state index in [9.17, 15) is 13.7 Å². The zero-order valence-electron chi connectivity index (χ0n) is 18.7. The Bertz CT molecular complexity index is 1300. The smallest absolute Gasteiger partial charge is 0.127 e. The summed E-state index contributed by atoms with van der Waals surface area (Å²) in [5.41, 5.74) is 3.70. The van der Waals surface area contributed by atoms with Crippen LogP contribution < -0.4 is 5.14 Å². The minimum atomic E-state index is -1.01. The molecule has 1 saturated carbocycles. The molecule has 0 radical (unpaired) electrons. The van der Waals surface area contributed by atoms with Gasteiger partial charge in [0.05, 0.1) is 16.7 Å². The van der Waals surface area contributed by atoms with Crippen molar-refractivity contribution in [3.05, 3.63) is 87.1 Å². The molecule has 0 amide bonds. The molecule has 2 aromatic heterocycles. The Morgan fingerprint density at radius 3 is 2.65 bits per heavy atom. The second kappa shape index (κ2) is 11.2. The zero-order valence-corrected chi connectivity index (χ0v) is 21.9. The van der Waals surface area contributed by atoms with Gasteiger partial charge < -0.3 is 5.11 Å². The molecular weight excluding hydrogens is 535 g/mol. The summed E-state index contributed by atoms with van der Waals surface area (Å²) >= 11 is 5.14. The molecule has 8 heteroatoms. The predicted molar refractivity (Wildman–Crippen MR) is 143 cm³/mol. The number of nitrogens with zero attached hydrogens (tertiary/aromatic N) is 1. The van der Waals surface area contributed by atoms with Gasteiger partial charge in [0, 0.05) is 55.6 Å². The maximum atomic E-state index is 14.2. The number of benzene rings is 2. The summed E-state index contributed by atoms with van der Waals surface area (Å²) in [4.78, 5) is 5.66. The number of pyridine rings is 1. The molecule has 0 aliphatic heterocycles. The average Bonchev–Trinajstić information content (AvgIpc) is 3.61. The molecule has 3 N–H and O–H groups in total. The molecule has 1 unspecified atom stereocenters. The van der Waals surface area contributed by atoms with E-state index in [1.165, 1.54) is 6.07 Å². The lowest BCUT2D eigenvalue weighted by Gasteiger charge is -2.10. The molecule has 0 bridgehead atoms. The Balaban J connectivity index is 0.000000398. The van der Waals surface area contributed by atoms with E-state index < -0.39 is 11.0 Å². The van der Waals surface area contributed by atoms with Crippen molar-refractivity contribution in [1.29, 1.82) is 0 Å². The molecule has 2 aromatic carbocycles. The van der Waals surface area contributed by atoms with Crippen LogP contribution in [0.15, 0.2) is 65.3 Å². The number of nitrogens with two attached hydrogens (primary N) is 1. The van der Waals surface area contributed by atoms with Crippen LogP contribution in [0.3, 0.4) is 0 Å². The fourth-order valence-corrected chi connectivity index (χ4v) is 5.86. The van der Waals surface area contributed by atoms with Gasteiger partial charge in [0.1, 0.15) is 5.82 Å². The van der Waals surface area contributed by atoms with Gasteiger partial charge in [-0.15, -0.1) is 11.3 Å². The van der Waals surface area contributed by atoms with E-state index in [0.717, 1.165) is 49.1 Å². The van der Waals surface area contributed by atoms with Crippen molar-refractivity contribution in [3.63, 3.8) is 0 Å². The Morgan fingerprint density at radius 2 is 2.00 bits per heavy atom. The number of fused-ring (bicyclic) bond motifs is 1. The summed E-state index contributed by atoms with van der Waals surface area (Å²) < 4.78 is 26.3. The molecule has 5 rings (SSSR count). The van der Waals surface area contributed by atoms with Crippen LogP contribution in [0.25, 0.3) is 21.3 Å². The SMILES string of the molecule is C[C@H](CO)c1ccnc(-c2cccc3cc(Cc4c(F)cccc4Br)sc23)c1.NS(=O)C1CC1. The van der Waals surface area contributed by atoms with Crippen molar-refractivity contribution in [1.82, 2.24) is 4.98 Å². The summed E-state index contributed by atoms with van der Waals surface area (Å²) in [6, 6.07) is 17.4. The van der Waals surface area contributed by atoms with Crippen LogP contribution in [0.2, 0.25) is 0 Å². The van der Waals surface area contributed by atoms with Crippen molar-refractivity contribution < 1.29 is 13.7 Å². The average molecular weight is 562 g/mol. The van der Waals surface area contributed by atoms with Crippen LogP contribution in [0.4, 0.5) is 4.39 Å². The largest absolute Gasteiger partial charge is 0.396 e. The highest BCUT2D eigenvalue weighted by molar-refractivity contribution is 9.10. The number of hydrogen-bond acceptors (Lipinski definition) is 4. The number of hydrogen-bond donors (Lipinski definition) is 2. The van der Waals surface area contributed by atoms with Crippen LogP contribution in [0, 0.1) is 5.82 Å². The Labute approximate surface area is 213 Å². The highest BCUT2D eigenvalue weighted by atomic mass is 79.9. The van der Waals surface area contributed by atoms with Gasteiger partial charge in [-0.05, 0) is 54.1 Å². The second-order valence-electron chi connectivity index (χ2n) is 8.40. The minimum absolute atomic E-state index is 0.0678. The summed E-state index contributed by atoms with van der Waals surface area (Å²) in [7, 11) is -1.01. The first-order valence-corrected chi connectivity index (χ1v) is 13.9. The summed E-state index contributed by atoms with van der Waals surface area (Å²) in [5.74, 6) is -0.127. The molecule has 0 spiro atoms. The number of halogens is 2. The van der Waals surface area contributed by atoms with Gasteiger partial charge in [-0.25, -0.2) is 8.60 Å². The molecule has 4 aromatic rings. The van der Waals surface area contributed by atoms with Gasteiger partial charge in [0.2, 0.25) is 0 Å². The normalized spacial score (nSPS) is 15.0. The van der Waals surface area contributed by atoms with Crippen molar-refractivity contribution in [2.75, 3.05) is 6.61 Å². The first kappa shape index (κ1) is 25.1. The van der Waals surface area contributed by atoms with Crippen molar-refractivity contribution >= 4 is 48.3 Å². The second-order valence-corrected chi connectivity index (χ2v) is 11.7. The van der Waals surface area contributed by atoms with Crippen molar-refractivity contribution in [2.45, 2.75) is 37.4 Å². The number of rotatable bonds is 6. The van der Waals surface area contributed by atoms with E-state index in [1.807, 2.05) is 31.2 Å². The van der Waals surface area contributed by atoms with Gasteiger partial charge in [-0.1, -0.05) is 47.1 Å². The molecule has 34 heavy (non-hydrogen) atoms. The molecule has 1 fully saturated rings. The van der Waals surface area contributed by atoms with Crippen LogP contribution in [-0.2, 0) is 17.4 Å². The fraction of sp³-hybridized carbons (Fsp3) is 0.269. The van der Waals surface area contributed by atoms with E-state index >= 15 is 0 Å². The number of aromatic nitrogens is 1. The molecule has 2 heterocycles. The van der Waals surface area contributed by atoms with Gasteiger partial charge >= 0.3 is 0 Å². The standard InChI is InChI=1S/C23H19BrFNOS.C3H7NOS/c1-14(13-27)15-8-9-26-22(11-15)18-5-2-4-16-10-17(28-23(16)18)12-19-20(24)6-3-7-21(19)25;4-6(5)3-1-2-3/h2-11,14,27H,12-13H2,1H3;3H,1-2,4H2/t14-;/m1./s1. The lowest BCUT2D eigenvalue weighted by molar-refractivity contribution is 0.273. The predicted octanol–water partition coefficient (Wildman–Crippen LogP) is 6.32. The Kier molecular flexibility index (Phi) is 8.26. The van der Waals surface area contributed by atoms with Crippen molar-refractivity contribution in [2.24, 2.45) is 5.14 Å². The van der Waals surface area contributed by atoms with Gasteiger partial charge in [0.25, 0.3) is 0 Å². The number of thiophene rings is 1. The summed E-state index contributed by atoms with van der Waals surface area (Å²) in [5, 5.41) is 15.9. The van der Waals surface area contributed by atoms with E-state index in [0.29, 0.717) is 17.2 Å². The maximum Gasteiger partial charge on any atom is 0.127 e. The first-order chi connectivity index (χ1) is 16.4. The van der Waals surface area contributed by atoms with Crippen LogP contribution in [0.5, 0.6) is 0 Å². The van der Waals surface area contributed by atoms with Gasteiger partial charge in [-0.3, -0.25) is 10.1 Å². The molecule has 0 saturated heterocycles. The number of aliphatic hydroxyl groups excluding tert-OH is 1.